The minimum atomic E-state index is -1.02. The standard InChI is InChI=1S/C29H26F3N5O3/c30-21-2-4-22(5-3-21)40-29(39)35-26-17-37(16-23(26)20-1-6-24(31)25(32)14-20)28(38)19-8-11-36(12-9-19)27-13-18(15-33)7-10-34-27/h1-7,10,13-14,19,23,26H,8-9,11-12,16-17H2,(H,35,39)/t23?,26-/m1/s1. The number of rotatable bonds is 5. The summed E-state index contributed by atoms with van der Waals surface area (Å²) < 4.78 is 46.2. The molecule has 1 aromatic heterocycles. The summed E-state index contributed by atoms with van der Waals surface area (Å²) in [5.41, 5.74) is 0.958. The zero-order chi connectivity index (χ0) is 28.2. The van der Waals surface area contributed by atoms with E-state index >= 15 is 0 Å². The van der Waals surface area contributed by atoms with E-state index < -0.39 is 35.5 Å². The van der Waals surface area contributed by atoms with Crippen molar-refractivity contribution < 1.29 is 27.5 Å². The molecule has 2 aliphatic heterocycles. The molecule has 1 N–H and O–H groups in total. The van der Waals surface area contributed by atoms with Gasteiger partial charge in [-0.2, -0.15) is 5.26 Å². The number of nitrogens with one attached hydrogen (secondary N) is 1. The van der Waals surface area contributed by atoms with Crippen LogP contribution >= 0.6 is 0 Å². The Morgan fingerprint density at radius 3 is 2.42 bits per heavy atom. The molecule has 0 aliphatic carbocycles. The molecular formula is C29H26F3N5O3. The minimum absolute atomic E-state index is 0.0813. The summed E-state index contributed by atoms with van der Waals surface area (Å²) in [4.78, 5) is 34.2. The lowest BCUT2D eigenvalue weighted by atomic mass is 9.94. The maximum Gasteiger partial charge on any atom is 0.412 e. The minimum Gasteiger partial charge on any atom is -0.410 e. The number of ether oxygens (including phenoxy) is 1. The molecule has 0 bridgehead atoms. The lowest BCUT2D eigenvalue weighted by Crippen LogP contribution is -2.44. The largest absolute Gasteiger partial charge is 0.412 e. The molecule has 0 radical (unpaired) electrons. The lowest BCUT2D eigenvalue weighted by Gasteiger charge is -2.34. The summed E-state index contributed by atoms with van der Waals surface area (Å²) in [6.07, 6.45) is 1.93. The predicted molar refractivity (Wildman–Crippen MR) is 139 cm³/mol. The number of nitriles is 1. The van der Waals surface area contributed by atoms with Gasteiger partial charge in [0.05, 0.1) is 17.7 Å². The van der Waals surface area contributed by atoms with Crippen LogP contribution in [0.15, 0.2) is 60.8 Å². The quantitative estimate of drug-likeness (QED) is 0.508. The third-order valence-corrected chi connectivity index (χ3v) is 7.37. The van der Waals surface area contributed by atoms with Crippen LogP contribution in [0.5, 0.6) is 5.75 Å². The van der Waals surface area contributed by atoms with Crippen molar-refractivity contribution in [3.8, 4) is 11.8 Å². The van der Waals surface area contributed by atoms with Crippen LogP contribution in [0.2, 0.25) is 0 Å². The molecule has 40 heavy (non-hydrogen) atoms. The van der Waals surface area contributed by atoms with Crippen molar-refractivity contribution in [2.75, 3.05) is 31.1 Å². The molecule has 2 fully saturated rings. The topological polar surface area (TPSA) is 98.6 Å². The molecule has 2 aliphatic rings. The molecule has 8 nitrogen and oxygen atoms in total. The van der Waals surface area contributed by atoms with Crippen molar-refractivity contribution in [3.05, 3.63) is 89.4 Å². The Kier molecular flexibility index (Phi) is 7.86. The number of halogens is 3. The van der Waals surface area contributed by atoms with E-state index in [9.17, 15) is 22.8 Å². The first-order valence-corrected chi connectivity index (χ1v) is 12.9. The van der Waals surface area contributed by atoms with E-state index in [-0.39, 0.29) is 30.7 Å². The van der Waals surface area contributed by atoms with Gasteiger partial charge in [-0.05, 0) is 66.9 Å². The van der Waals surface area contributed by atoms with Gasteiger partial charge in [-0.25, -0.2) is 22.9 Å². The molecule has 2 saturated heterocycles. The number of likely N-dealkylation sites (tertiary alicyclic amines) is 1. The highest BCUT2D eigenvalue weighted by Crippen LogP contribution is 2.32. The Morgan fingerprint density at radius 2 is 1.73 bits per heavy atom. The molecule has 2 aromatic carbocycles. The monoisotopic (exact) mass is 549 g/mol. The highest BCUT2D eigenvalue weighted by molar-refractivity contribution is 5.80. The van der Waals surface area contributed by atoms with Crippen LogP contribution < -0.4 is 15.0 Å². The summed E-state index contributed by atoms with van der Waals surface area (Å²) >= 11 is 0. The second kappa shape index (κ2) is 11.7. The molecular weight excluding hydrogens is 523 g/mol. The number of benzene rings is 2. The number of piperidine rings is 1. The first kappa shape index (κ1) is 27.0. The van der Waals surface area contributed by atoms with Gasteiger partial charge < -0.3 is 19.9 Å². The Bertz CT molecular complexity index is 1440. The van der Waals surface area contributed by atoms with Gasteiger partial charge in [-0.1, -0.05) is 6.07 Å². The van der Waals surface area contributed by atoms with E-state index in [0.29, 0.717) is 42.9 Å². The highest BCUT2D eigenvalue weighted by atomic mass is 19.2. The number of aromatic nitrogens is 1. The summed E-state index contributed by atoms with van der Waals surface area (Å²) in [7, 11) is 0. The van der Waals surface area contributed by atoms with E-state index in [0.717, 1.165) is 24.3 Å². The van der Waals surface area contributed by atoms with Crippen molar-refractivity contribution in [1.29, 1.82) is 5.26 Å². The molecule has 5 rings (SSSR count). The van der Waals surface area contributed by atoms with E-state index in [1.165, 1.54) is 18.2 Å². The van der Waals surface area contributed by atoms with Gasteiger partial charge in [-0.3, -0.25) is 4.79 Å². The van der Waals surface area contributed by atoms with Gasteiger partial charge >= 0.3 is 6.09 Å². The van der Waals surface area contributed by atoms with Crippen LogP contribution in [-0.4, -0.2) is 54.1 Å². The molecule has 2 atom stereocenters. The van der Waals surface area contributed by atoms with Crippen LogP contribution in [0.3, 0.4) is 0 Å². The summed E-state index contributed by atoms with van der Waals surface area (Å²) in [5, 5.41) is 11.9. The fourth-order valence-electron chi connectivity index (χ4n) is 5.28. The average Bonchev–Trinajstić information content (AvgIpc) is 3.39. The van der Waals surface area contributed by atoms with Crippen molar-refractivity contribution >= 4 is 17.8 Å². The maximum atomic E-state index is 14.1. The first-order valence-electron chi connectivity index (χ1n) is 12.9. The maximum absolute atomic E-state index is 14.1. The third-order valence-electron chi connectivity index (χ3n) is 7.37. The third kappa shape index (κ3) is 6.01. The number of amides is 2. The number of carbonyl (C=O) groups is 2. The fourth-order valence-corrected chi connectivity index (χ4v) is 5.28. The van der Waals surface area contributed by atoms with Crippen molar-refractivity contribution in [3.63, 3.8) is 0 Å². The molecule has 0 spiro atoms. The van der Waals surface area contributed by atoms with Crippen LogP contribution in [0.25, 0.3) is 0 Å². The molecule has 206 valence electrons. The first-order chi connectivity index (χ1) is 19.3. The molecule has 0 saturated carbocycles. The van der Waals surface area contributed by atoms with Gasteiger partial charge in [-0.15, -0.1) is 0 Å². The normalized spacial score (nSPS) is 19.2. The van der Waals surface area contributed by atoms with E-state index in [1.807, 2.05) is 4.90 Å². The fraction of sp³-hybridized carbons (Fsp3) is 0.310. The van der Waals surface area contributed by atoms with Gasteiger partial charge in [0.15, 0.2) is 11.6 Å². The second-order valence-electron chi connectivity index (χ2n) is 9.89. The van der Waals surface area contributed by atoms with Crippen molar-refractivity contribution in [1.82, 2.24) is 15.2 Å². The molecule has 1 unspecified atom stereocenters. The second-order valence-corrected chi connectivity index (χ2v) is 9.89. The van der Waals surface area contributed by atoms with Crippen LogP contribution in [0.4, 0.5) is 23.8 Å². The van der Waals surface area contributed by atoms with Crippen molar-refractivity contribution in [2.24, 2.45) is 5.92 Å². The Labute approximate surface area is 229 Å². The van der Waals surface area contributed by atoms with Crippen LogP contribution in [0.1, 0.15) is 29.9 Å². The number of pyridine rings is 1. The Hall–Kier alpha value is -4.59. The van der Waals surface area contributed by atoms with Crippen LogP contribution in [-0.2, 0) is 4.79 Å². The van der Waals surface area contributed by atoms with Crippen LogP contribution in [0, 0.1) is 34.7 Å². The highest BCUT2D eigenvalue weighted by Gasteiger charge is 2.40. The number of hydrogen-bond donors (Lipinski definition) is 1. The number of hydrogen-bond acceptors (Lipinski definition) is 6. The zero-order valence-electron chi connectivity index (χ0n) is 21.4. The van der Waals surface area contributed by atoms with Gasteiger partial charge in [0.25, 0.3) is 0 Å². The number of anilines is 1. The van der Waals surface area contributed by atoms with Gasteiger partial charge in [0, 0.05) is 44.2 Å². The number of nitrogens with zero attached hydrogens (tertiary/aromatic N) is 4. The average molecular weight is 550 g/mol. The smallest absolute Gasteiger partial charge is 0.410 e. The summed E-state index contributed by atoms with van der Waals surface area (Å²) in [6.45, 7) is 1.54. The summed E-state index contributed by atoms with van der Waals surface area (Å²) in [5.74, 6) is -2.50. The molecule has 2 amide bonds. The van der Waals surface area contributed by atoms with Crippen molar-refractivity contribution in [2.45, 2.75) is 24.8 Å². The number of carbonyl (C=O) groups excluding carboxylic acids is 2. The molecule has 3 aromatic rings. The summed E-state index contributed by atoms with van der Waals surface area (Å²) in [6, 6.07) is 13.3. The van der Waals surface area contributed by atoms with Gasteiger partial charge in [0.1, 0.15) is 17.4 Å². The molecule has 11 heteroatoms. The van der Waals surface area contributed by atoms with E-state index in [4.69, 9.17) is 10.00 Å². The predicted octanol–water partition coefficient (Wildman–Crippen LogP) is 4.37. The zero-order valence-corrected chi connectivity index (χ0v) is 21.4. The Morgan fingerprint density at radius 1 is 0.975 bits per heavy atom. The molecule has 3 heterocycles. The van der Waals surface area contributed by atoms with Gasteiger partial charge in [0.2, 0.25) is 5.91 Å². The SMILES string of the molecule is N#Cc1ccnc(N2CCC(C(=O)N3CC(c4ccc(F)c(F)c4)[C@H](NC(=O)Oc4ccc(F)cc4)C3)CC2)c1. The Balaban J connectivity index is 1.27. The lowest BCUT2D eigenvalue weighted by molar-refractivity contribution is -0.135. The van der Waals surface area contributed by atoms with E-state index in [2.05, 4.69) is 16.4 Å². The van der Waals surface area contributed by atoms with E-state index in [1.54, 1.807) is 23.2 Å².